The molecule has 1 heterocycles. The minimum absolute atomic E-state index is 0.179. The second-order valence-corrected chi connectivity index (χ2v) is 9.65. The Labute approximate surface area is 255 Å². The number of esters is 1. The number of pyridine rings is 1. The van der Waals surface area contributed by atoms with Crippen molar-refractivity contribution in [2.24, 2.45) is 5.73 Å². The van der Waals surface area contributed by atoms with Crippen molar-refractivity contribution in [3.8, 4) is 0 Å². The molecular formula is C35H45F2N3O3. The largest absolute Gasteiger partial charge is 0.469 e. The van der Waals surface area contributed by atoms with Crippen LogP contribution in [0.25, 0.3) is 12.2 Å². The molecule has 1 aromatic heterocycles. The number of nitrogens with zero attached hydrogens (tertiary/aromatic N) is 2. The molecule has 232 valence electrons. The smallest absolute Gasteiger partial charge is 0.305 e. The molecule has 6 nitrogen and oxygen atoms in total. The second-order valence-electron chi connectivity index (χ2n) is 9.65. The van der Waals surface area contributed by atoms with Gasteiger partial charge in [-0.1, -0.05) is 75.4 Å². The van der Waals surface area contributed by atoms with Crippen LogP contribution in [0.2, 0.25) is 0 Å². The number of amides is 1. The predicted octanol–water partition coefficient (Wildman–Crippen LogP) is 7.39. The number of hydrogen-bond acceptors (Lipinski definition) is 5. The standard InChI is InChI=1S/C26H34N2O2.C7H5F2NO.C2H6/c1-6-8-13-24-22(10-7-2)18-23(19-28(3)4)27-25(24)17-21-12-9-11-20(16-21)14-15-26(29)30-5;8-4-2-1-3-5(9)6(4)7(10)11;1-2/h7-13,16,18H,6,14-15,17,19H2,1-5H3;1-3H,(H2,10,11);1-2H3/b10-7-,13-8+;;. The Balaban J connectivity index is 0.000000592. The maximum atomic E-state index is 12.6. The summed E-state index contributed by atoms with van der Waals surface area (Å²) in [6.07, 6.45) is 11.4. The maximum Gasteiger partial charge on any atom is 0.305 e. The van der Waals surface area contributed by atoms with Gasteiger partial charge in [0.05, 0.1) is 18.5 Å². The Bertz CT molecular complexity index is 1360. The summed E-state index contributed by atoms with van der Waals surface area (Å²) in [4.78, 5) is 29.0. The van der Waals surface area contributed by atoms with Crippen molar-refractivity contribution in [3.05, 3.63) is 112 Å². The lowest BCUT2D eigenvalue weighted by Gasteiger charge is -2.15. The average Bonchev–Trinajstić information content (AvgIpc) is 2.97. The number of primary amides is 1. The van der Waals surface area contributed by atoms with Gasteiger partial charge in [0.2, 0.25) is 0 Å². The molecule has 0 spiro atoms. The van der Waals surface area contributed by atoms with Crippen LogP contribution in [0.1, 0.15) is 84.5 Å². The van der Waals surface area contributed by atoms with Crippen LogP contribution in [-0.2, 0) is 28.9 Å². The number of aryl methyl sites for hydroxylation is 1. The van der Waals surface area contributed by atoms with Crippen LogP contribution < -0.4 is 5.73 Å². The molecule has 0 saturated heterocycles. The summed E-state index contributed by atoms with van der Waals surface area (Å²) in [7, 11) is 5.55. The van der Waals surface area contributed by atoms with Crippen LogP contribution in [0.4, 0.5) is 8.78 Å². The fourth-order valence-electron chi connectivity index (χ4n) is 4.15. The summed E-state index contributed by atoms with van der Waals surface area (Å²) in [5.74, 6) is -3.14. The first-order valence-electron chi connectivity index (χ1n) is 14.4. The fourth-order valence-corrected chi connectivity index (χ4v) is 4.15. The summed E-state index contributed by atoms with van der Waals surface area (Å²) < 4.78 is 29.9. The Morgan fingerprint density at radius 3 is 2.16 bits per heavy atom. The number of carbonyl (C=O) groups excluding carboxylic acids is 2. The molecule has 0 saturated carbocycles. The van der Waals surface area contributed by atoms with Gasteiger partial charge in [-0.15, -0.1) is 0 Å². The number of hydrogen-bond donors (Lipinski definition) is 1. The van der Waals surface area contributed by atoms with Crippen LogP contribution in [-0.4, -0.2) is 43.0 Å². The molecule has 0 aliphatic heterocycles. The number of aromatic nitrogens is 1. The fraction of sp³-hybridized carbons (Fsp3) is 0.343. The van der Waals surface area contributed by atoms with Gasteiger partial charge in [-0.25, -0.2) is 8.78 Å². The van der Waals surface area contributed by atoms with Crippen molar-refractivity contribution in [1.29, 1.82) is 0 Å². The van der Waals surface area contributed by atoms with Gasteiger partial charge in [0.15, 0.2) is 0 Å². The van der Waals surface area contributed by atoms with Gasteiger partial charge in [-0.3, -0.25) is 14.6 Å². The number of benzene rings is 2. The number of methoxy groups -OCH3 is 1. The lowest BCUT2D eigenvalue weighted by molar-refractivity contribution is -0.140. The van der Waals surface area contributed by atoms with Crippen molar-refractivity contribution >= 4 is 24.0 Å². The first-order chi connectivity index (χ1) is 20.6. The molecule has 0 bridgehead atoms. The van der Waals surface area contributed by atoms with Crippen LogP contribution in [0.5, 0.6) is 0 Å². The van der Waals surface area contributed by atoms with Gasteiger partial charge < -0.3 is 15.4 Å². The molecule has 0 radical (unpaired) electrons. The van der Waals surface area contributed by atoms with Crippen LogP contribution in [0.15, 0.2) is 60.7 Å². The Kier molecular flexibility index (Phi) is 17.0. The molecule has 0 atom stereocenters. The highest BCUT2D eigenvalue weighted by Gasteiger charge is 2.13. The normalized spacial score (nSPS) is 10.7. The summed E-state index contributed by atoms with van der Waals surface area (Å²) in [5, 5.41) is 0. The van der Waals surface area contributed by atoms with Gasteiger partial charge in [0.1, 0.15) is 17.2 Å². The van der Waals surface area contributed by atoms with Gasteiger partial charge in [0, 0.05) is 24.9 Å². The van der Waals surface area contributed by atoms with Crippen molar-refractivity contribution in [1.82, 2.24) is 9.88 Å². The molecule has 0 unspecified atom stereocenters. The zero-order valence-electron chi connectivity index (χ0n) is 26.4. The van der Waals surface area contributed by atoms with E-state index in [0.29, 0.717) is 12.8 Å². The van der Waals surface area contributed by atoms with Gasteiger partial charge >= 0.3 is 5.97 Å². The Hall–Kier alpha value is -4.17. The second kappa shape index (κ2) is 19.9. The minimum Gasteiger partial charge on any atom is -0.469 e. The zero-order chi connectivity index (χ0) is 32.4. The van der Waals surface area contributed by atoms with Crippen molar-refractivity contribution < 1.29 is 23.1 Å². The lowest BCUT2D eigenvalue weighted by atomic mass is 9.97. The quantitative estimate of drug-likeness (QED) is 0.234. The van der Waals surface area contributed by atoms with Crippen LogP contribution in [0.3, 0.4) is 0 Å². The summed E-state index contributed by atoms with van der Waals surface area (Å²) >= 11 is 0. The third kappa shape index (κ3) is 12.7. The summed E-state index contributed by atoms with van der Waals surface area (Å²) in [6.45, 7) is 8.99. The zero-order valence-corrected chi connectivity index (χ0v) is 26.4. The number of halogens is 2. The summed E-state index contributed by atoms with van der Waals surface area (Å²) in [6, 6.07) is 13.7. The van der Waals surface area contributed by atoms with Crippen molar-refractivity contribution in [2.75, 3.05) is 21.2 Å². The molecule has 8 heteroatoms. The molecule has 0 aliphatic rings. The molecule has 3 rings (SSSR count). The molecular weight excluding hydrogens is 548 g/mol. The van der Waals surface area contributed by atoms with E-state index in [1.54, 1.807) is 0 Å². The average molecular weight is 594 g/mol. The van der Waals surface area contributed by atoms with E-state index in [1.165, 1.54) is 23.8 Å². The van der Waals surface area contributed by atoms with E-state index in [1.807, 2.05) is 20.8 Å². The summed E-state index contributed by atoms with van der Waals surface area (Å²) in [5.41, 5.74) is 10.9. The third-order valence-corrected chi connectivity index (χ3v) is 5.98. The van der Waals surface area contributed by atoms with Crippen LogP contribution in [0, 0.1) is 11.6 Å². The SMILES string of the molecule is C/C=C\c1cc(CN(C)C)nc(Cc2cccc(CCC(=O)OC)c2)c1/C=C/CC.CC.NC(=O)c1c(F)cccc1F. The van der Waals surface area contributed by atoms with Crippen molar-refractivity contribution in [2.45, 2.75) is 59.9 Å². The lowest BCUT2D eigenvalue weighted by Crippen LogP contribution is -2.15. The van der Waals surface area contributed by atoms with E-state index < -0.39 is 23.1 Å². The molecule has 2 aromatic carbocycles. The predicted molar refractivity (Wildman–Crippen MR) is 171 cm³/mol. The number of allylic oxidation sites excluding steroid dienone is 2. The number of ether oxygens (including phenoxy) is 1. The number of rotatable bonds is 11. The third-order valence-electron chi connectivity index (χ3n) is 5.98. The number of nitrogens with two attached hydrogens (primary N) is 1. The van der Waals surface area contributed by atoms with E-state index in [4.69, 9.17) is 15.5 Å². The van der Waals surface area contributed by atoms with Gasteiger partial charge in [0.25, 0.3) is 5.91 Å². The molecule has 0 aliphatic carbocycles. The van der Waals surface area contributed by atoms with E-state index in [0.717, 1.165) is 54.5 Å². The van der Waals surface area contributed by atoms with E-state index in [9.17, 15) is 18.4 Å². The highest BCUT2D eigenvalue weighted by molar-refractivity contribution is 5.93. The number of carbonyl (C=O) groups is 2. The van der Waals surface area contributed by atoms with E-state index in [2.05, 4.69) is 80.6 Å². The van der Waals surface area contributed by atoms with Gasteiger partial charge in [-0.2, -0.15) is 0 Å². The Morgan fingerprint density at radius 2 is 1.63 bits per heavy atom. The first kappa shape index (κ1) is 36.9. The molecule has 0 fully saturated rings. The van der Waals surface area contributed by atoms with E-state index in [-0.39, 0.29) is 5.97 Å². The molecule has 2 N–H and O–H groups in total. The molecule has 3 aromatic rings. The monoisotopic (exact) mass is 593 g/mol. The highest BCUT2D eigenvalue weighted by Crippen LogP contribution is 2.23. The van der Waals surface area contributed by atoms with E-state index >= 15 is 0 Å². The maximum absolute atomic E-state index is 12.6. The van der Waals surface area contributed by atoms with Gasteiger partial charge in [-0.05, 0) is 68.8 Å². The molecule has 43 heavy (non-hydrogen) atoms. The first-order valence-corrected chi connectivity index (χ1v) is 14.4. The van der Waals surface area contributed by atoms with Crippen molar-refractivity contribution in [3.63, 3.8) is 0 Å². The molecule has 1 amide bonds. The Morgan fingerprint density at radius 1 is 1.00 bits per heavy atom. The highest BCUT2D eigenvalue weighted by atomic mass is 19.1. The van der Waals surface area contributed by atoms with Crippen LogP contribution >= 0.6 is 0 Å². The topological polar surface area (TPSA) is 85.5 Å². The minimum atomic E-state index is -1.10.